The van der Waals surface area contributed by atoms with Crippen LogP contribution in [-0.4, -0.2) is 63.2 Å². The van der Waals surface area contributed by atoms with Crippen molar-refractivity contribution >= 4 is 23.5 Å². The molecule has 0 unspecified atom stereocenters. The summed E-state index contributed by atoms with van der Waals surface area (Å²) < 4.78 is 0. The lowest BCUT2D eigenvalue weighted by atomic mass is 10.3. The van der Waals surface area contributed by atoms with Gasteiger partial charge in [-0.25, -0.2) is 14.6 Å². The first-order chi connectivity index (χ1) is 10.5. The maximum atomic E-state index is 9.55. The van der Waals surface area contributed by atoms with Crippen LogP contribution in [0.4, 0.5) is 0 Å². The van der Waals surface area contributed by atoms with Crippen LogP contribution in [0, 0.1) is 0 Å². The van der Waals surface area contributed by atoms with Crippen LogP contribution in [0.25, 0.3) is 0 Å². The minimum absolute atomic E-state index is 0.470. The maximum absolute atomic E-state index is 9.55. The van der Waals surface area contributed by atoms with Crippen LogP contribution in [0.1, 0.15) is 5.69 Å². The number of aromatic nitrogens is 2. The standard InChI is InChI=1S/C9H13ClN4.C4H4O4/c10-9-6-12-5-8(13-9)7-14-3-1-11-2-4-14;5-3(6)1-2-4(7)8/h5-6,11H,1-4,7H2;1-2H,(H,5,6)(H,7,8)/b;2-1+. The maximum Gasteiger partial charge on any atom is 0.328 e. The largest absolute Gasteiger partial charge is 0.478 e. The SMILES string of the molecule is Clc1cncc(CN2CCNCC2)n1.O=C(O)/C=C/C(=O)O. The van der Waals surface area contributed by atoms with E-state index in [-0.39, 0.29) is 0 Å². The smallest absolute Gasteiger partial charge is 0.328 e. The molecule has 0 aromatic carbocycles. The van der Waals surface area contributed by atoms with Crippen LogP contribution in [0.3, 0.4) is 0 Å². The molecule has 0 atom stereocenters. The molecule has 120 valence electrons. The molecule has 1 fully saturated rings. The zero-order chi connectivity index (χ0) is 16.4. The summed E-state index contributed by atoms with van der Waals surface area (Å²) >= 11 is 5.76. The Bertz CT molecular complexity index is 517. The quantitative estimate of drug-likeness (QED) is 0.673. The molecule has 0 aliphatic carbocycles. The van der Waals surface area contributed by atoms with Crippen molar-refractivity contribution in [2.24, 2.45) is 0 Å². The first-order valence-electron chi connectivity index (χ1n) is 6.51. The second-order valence-electron chi connectivity index (χ2n) is 4.37. The highest BCUT2D eigenvalue weighted by atomic mass is 35.5. The summed E-state index contributed by atoms with van der Waals surface area (Å²) in [5.74, 6) is -2.51. The minimum Gasteiger partial charge on any atom is -0.478 e. The van der Waals surface area contributed by atoms with Gasteiger partial charge in [0.15, 0.2) is 0 Å². The van der Waals surface area contributed by atoms with Crippen molar-refractivity contribution in [2.75, 3.05) is 26.2 Å². The Labute approximate surface area is 132 Å². The Morgan fingerprint density at radius 3 is 2.32 bits per heavy atom. The number of rotatable bonds is 4. The normalized spacial score (nSPS) is 15.1. The monoisotopic (exact) mass is 328 g/mol. The second kappa shape index (κ2) is 9.82. The van der Waals surface area contributed by atoms with Gasteiger partial charge in [0.05, 0.1) is 11.9 Å². The van der Waals surface area contributed by atoms with Crippen LogP contribution < -0.4 is 5.32 Å². The van der Waals surface area contributed by atoms with Gasteiger partial charge in [-0.15, -0.1) is 0 Å². The van der Waals surface area contributed by atoms with Crippen molar-refractivity contribution in [3.63, 3.8) is 0 Å². The Morgan fingerprint density at radius 2 is 1.82 bits per heavy atom. The number of nitrogens with zero attached hydrogens (tertiary/aromatic N) is 3. The van der Waals surface area contributed by atoms with E-state index in [0.717, 1.165) is 38.4 Å². The third-order valence-electron chi connectivity index (χ3n) is 2.62. The van der Waals surface area contributed by atoms with Gasteiger partial charge >= 0.3 is 11.9 Å². The summed E-state index contributed by atoms with van der Waals surface area (Å²) in [6, 6.07) is 0. The Morgan fingerprint density at radius 1 is 1.23 bits per heavy atom. The number of carboxylic acid groups (broad SMARTS) is 2. The van der Waals surface area contributed by atoms with Crippen molar-refractivity contribution in [3.05, 3.63) is 35.4 Å². The third-order valence-corrected chi connectivity index (χ3v) is 2.80. The van der Waals surface area contributed by atoms with E-state index in [1.165, 1.54) is 0 Å². The van der Waals surface area contributed by atoms with Crippen LogP contribution in [0.2, 0.25) is 5.15 Å². The van der Waals surface area contributed by atoms with E-state index < -0.39 is 11.9 Å². The molecule has 1 aliphatic heterocycles. The average Bonchev–Trinajstić information content (AvgIpc) is 2.47. The molecule has 2 heterocycles. The van der Waals surface area contributed by atoms with E-state index in [4.69, 9.17) is 21.8 Å². The van der Waals surface area contributed by atoms with Crippen molar-refractivity contribution in [1.29, 1.82) is 0 Å². The van der Waals surface area contributed by atoms with Gasteiger partial charge in [0.1, 0.15) is 5.15 Å². The van der Waals surface area contributed by atoms with Crippen molar-refractivity contribution in [3.8, 4) is 0 Å². The molecule has 9 heteroatoms. The molecular weight excluding hydrogens is 312 g/mol. The second-order valence-corrected chi connectivity index (χ2v) is 4.76. The predicted molar refractivity (Wildman–Crippen MR) is 79.6 cm³/mol. The number of halogens is 1. The average molecular weight is 329 g/mol. The van der Waals surface area contributed by atoms with Gasteiger partial charge in [-0.2, -0.15) is 0 Å². The van der Waals surface area contributed by atoms with E-state index in [1.54, 1.807) is 12.4 Å². The summed E-state index contributed by atoms with van der Waals surface area (Å²) in [4.78, 5) is 29.7. The van der Waals surface area contributed by atoms with Gasteiger partial charge in [0.25, 0.3) is 0 Å². The number of hydrogen-bond donors (Lipinski definition) is 3. The summed E-state index contributed by atoms with van der Waals surface area (Å²) in [6.07, 6.45) is 4.45. The predicted octanol–water partition coefficient (Wildman–Crippen LogP) is 0.247. The fourth-order valence-electron chi connectivity index (χ4n) is 1.70. The summed E-state index contributed by atoms with van der Waals surface area (Å²) in [6.45, 7) is 5.07. The molecule has 0 radical (unpaired) electrons. The van der Waals surface area contributed by atoms with Crippen molar-refractivity contribution < 1.29 is 19.8 Å². The van der Waals surface area contributed by atoms with Crippen LogP contribution in [0.5, 0.6) is 0 Å². The molecule has 1 aromatic rings. The molecule has 0 saturated carbocycles. The number of hydrogen-bond acceptors (Lipinski definition) is 6. The lowest BCUT2D eigenvalue weighted by Crippen LogP contribution is -2.43. The van der Waals surface area contributed by atoms with E-state index in [0.29, 0.717) is 17.3 Å². The number of aliphatic carboxylic acids is 2. The summed E-state index contributed by atoms with van der Waals surface area (Å²) in [5, 5.41) is 19.4. The molecule has 0 bridgehead atoms. The highest BCUT2D eigenvalue weighted by Gasteiger charge is 2.10. The highest BCUT2D eigenvalue weighted by Crippen LogP contribution is 2.05. The van der Waals surface area contributed by atoms with Crippen LogP contribution >= 0.6 is 11.6 Å². The van der Waals surface area contributed by atoms with Crippen LogP contribution in [-0.2, 0) is 16.1 Å². The molecule has 0 spiro atoms. The van der Waals surface area contributed by atoms with Gasteiger partial charge in [0.2, 0.25) is 0 Å². The van der Waals surface area contributed by atoms with Crippen molar-refractivity contribution in [1.82, 2.24) is 20.2 Å². The fourth-order valence-corrected chi connectivity index (χ4v) is 1.86. The Kier molecular flexibility index (Phi) is 8.05. The van der Waals surface area contributed by atoms with E-state index in [2.05, 4.69) is 20.2 Å². The van der Waals surface area contributed by atoms with E-state index in [1.807, 2.05) is 0 Å². The molecule has 22 heavy (non-hydrogen) atoms. The first kappa shape index (κ1) is 18.0. The van der Waals surface area contributed by atoms with Gasteiger partial charge in [-0.3, -0.25) is 9.88 Å². The number of piperazine rings is 1. The Hall–Kier alpha value is -2.03. The van der Waals surface area contributed by atoms with E-state index in [9.17, 15) is 9.59 Å². The zero-order valence-electron chi connectivity index (χ0n) is 11.8. The first-order valence-corrected chi connectivity index (χ1v) is 6.88. The highest BCUT2D eigenvalue weighted by molar-refractivity contribution is 6.29. The molecular formula is C13H17ClN4O4. The third kappa shape index (κ3) is 8.30. The van der Waals surface area contributed by atoms with Gasteiger partial charge in [-0.1, -0.05) is 11.6 Å². The van der Waals surface area contributed by atoms with Gasteiger partial charge in [-0.05, 0) is 0 Å². The molecule has 1 aromatic heterocycles. The Balaban J connectivity index is 0.000000261. The van der Waals surface area contributed by atoms with Gasteiger partial charge in [0, 0.05) is 51.1 Å². The fraction of sp³-hybridized carbons (Fsp3) is 0.385. The lowest BCUT2D eigenvalue weighted by molar-refractivity contribution is -0.134. The summed E-state index contributed by atoms with van der Waals surface area (Å²) in [5.41, 5.74) is 0.944. The summed E-state index contributed by atoms with van der Waals surface area (Å²) in [7, 11) is 0. The number of nitrogens with one attached hydrogen (secondary N) is 1. The molecule has 1 aliphatic rings. The topological polar surface area (TPSA) is 116 Å². The molecule has 3 N–H and O–H groups in total. The molecule has 8 nitrogen and oxygen atoms in total. The van der Waals surface area contributed by atoms with Gasteiger partial charge < -0.3 is 15.5 Å². The number of carbonyl (C=O) groups is 2. The lowest BCUT2D eigenvalue weighted by Gasteiger charge is -2.26. The van der Waals surface area contributed by atoms with Crippen LogP contribution in [0.15, 0.2) is 24.5 Å². The zero-order valence-corrected chi connectivity index (χ0v) is 12.5. The molecule has 1 saturated heterocycles. The molecule has 0 amide bonds. The number of carboxylic acids is 2. The van der Waals surface area contributed by atoms with E-state index >= 15 is 0 Å². The van der Waals surface area contributed by atoms with Crippen molar-refractivity contribution in [2.45, 2.75) is 6.54 Å². The minimum atomic E-state index is -1.26. The molecule has 2 rings (SSSR count).